The van der Waals surface area contributed by atoms with Crippen molar-refractivity contribution in [3.8, 4) is 11.1 Å². The molecule has 0 spiro atoms. The van der Waals surface area contributed by atoms with Crippen molar-refractivity contribution in [1.82, 2.24) is 10.1 Å². The van der Waals surface area contributed by atoms with Gasteiger partial charge in [-0.1, -0.05) is 56.3 Å². The van der Waals surface area contributed by atoms with Crippen LogP contribution in [0.15, 0.2) is 58.4 Å². The van der Waals surface area contributed by atoms with Gasteiger partial charge in [-0.15, -0.1) is 4.91 Å². The lowest BCUT2D eigenvalue weighted by Gasteiger charge is -2.24. The molecule has 6 nitrogen and oxygen atoms in total. The molecule has 0 saturated carbocycles. The lowest BCUT2D eigenvalue weighted by atomic mass is 9.85. The second-order valence-electron chi connectivity index (χ2n) is 8.46. The summed E-state index contributed by atoms with van der Waals surface area (Å²) in [4.78, 5) is 16.0. The molecule has 0 saturated heterocycles. The molecular weight excluding hydrogens is 376 g/mol. The van der Waals surface area contributed by atoms with E-state index in [1.165, 1.54) is 6.20 Å². The topological polar surface area (TPSA) is 80.4 Å². The molecule has 2 heterocycles. The average Bonchev–Trinajstić information content (AvgIpc) is 3.05. The Labute approximate surface area is 175 Å². The molecule has 0 bridgehead atoms. The lowest BCUT2D eigenvalue weighted by molar-refractivity contribution is 0.393. The number of nitrogens with zero attached hydrogens (tertiary/aromatic N) is 3. The third kappa shape index (κ3) is 3.45. The Hall–Kier alpha value is -3.54. The molecule has 30 heavy (non-hydrogen) atoms. The summed E-state index contributed by atoms with van der Waals surface area (Å²) in [6.07, 6.45) is 1.51. The Morgan fingerprint density at radius 3 is 2.50 bits per heavy atom. The predicted octanol–water partition coefficient (Wildman–Crippen LogP) is 6.95. The molecule has 1 N–H and O–H groups in total. The SMILES string of the molecule is Cc1noc(C)c1-c1ccc2c(Nc3ccccc3C(C)(C)C)c(N=O)cnc2c1. The van der Waals surface area contributed by atoms with Crippen LogP contribution in [-0.4, -0.2) is 10.1 Å². The molecule has 0 unspecified atom stereocenters. The van der Waals surface area contributed by atoms with Gasteiger partial charge in [-0.25, -0.2) is 0 Å². The molecule has 0 aliphatic heterocycles. The molecule has 2 aromatic carbocycles. The number of para-hydroxylation sites is 1. The minimum atomic E-state index is -0.0578. The number of rotatable bonds is 4. The van der Waals surface area contributed by atoms with E-state index in [4.69, 9.17) is 4.52 Å². The molecule has 152 valence electrons. The minimum absolute atomic E-state index is 0.0578. The van der Waals surface area contributed by atoms with Crippen molar-refractivity contribution >= 4 is 28.0 Å². The zero-order valence-electron chi connectivity index (χ0n) is 17.8. The monoisotopic (exact) mass is 400 g/mol. The van der Waals surface area contributed by atoms with Crippen molar-refractivity contribution < 1.29 is 4.52 Å². The maximum Gasteiger partial charge on any atom is 0.150 e. The van der Waals surface area contributed by atoms with Crippen LogP contribution in [0.25, 0.3) is 22.0 Å². The first-order chi connectivity index (χ1) is 14.3. The number of hydrogen-bond acceptors (Lipinski definition) is 6. The zero-order chi connectivity index (χ0) is 21.5. The van der Waals surface area contributed by atoms with Crippen LogP contribution in [0.1, 0.15) is 37.8 Å². The molecular formula is C24H24N4O2. The summed E-state index contributed by atoms with van der Waals surface area (Å²) in [5.41, 5.74) is 6.48. The highest BCUT2D eigenvalue weighted by atomic mass is 16.5. The largest absolute Gasteiger partial charge is 0.361 e. The van der Waals surface area contributed by atoms with E-state index < -0.39 is 0 Å². The summed E-state index contributed by atoms with van der Waals surface area (Å²) in [6.45, 7) is 10.3. The van der Waals surface area contributed by atoms with Crippen LogP contribution in [0.2, 0.25) is 0 Å². The number of nitroso groups, excluding NO2 is 1. The fourth-order valence-corrected chi connectivity index (χ4v) is 3.82. The minimum Gasteiger partial charge on any atom is -0.361 e. The van der Waals surface area contributed by atoms with E-state index in [1.54, 1.807) is 0 Å². The van der Waals surface area contributed by atoms with E-state index in [0.717, 1.165) is 44.7 Å². The fourth-order valence-electron chi connectivity index (χ4n) is 3.82. The number of fused-ring (bicyclic) bond motifs is 1. The zero-order valence-corrected chi connectivity index (χ0v) is 17.8. The van der Waals surface area contributed by atoms with Crippen LogP contribution in [0.3, 0.4) is 0 Å². The summed E-state index contributed by atoms with van der Waals surface area (Å²) in [5.74, 6) is 0.760. The Kier molecular flexibility index (Phi) is 4.86. The van der Waals surface area contributed by atoms with E-state index in [-0.39, 0.29) is 11.1 Å². The Balaban J connectivity index is 1.87. The predicted molar refractivity (Wildman–Crippen MR) is 121 cm³/mol. The van der Waals surface area contributed by atoms with Crippen molar-refractivity contribution in [2.75, 3.05) is 5.32 Å². The van der Waals surface area contributed by atoms with E-state index in [1.807, 2.05) is 50.2 Å². The van der Waals surface area contributed by atoms with E-state index >= 15 is 0 Å². The van der Waals surface area contributed by atoms with Gasteiger partial charge in [0.25, 0.3) is 0 Å². The highest BCUT2D eigenvalue weighted by molar-refractivity contribution is 6.00. The first kappa shape index (κ1) is 19.8. The van der Waals surface area contributed by atoms with Crippen LogP contribution in [0.5, 0.6) is 0 Å². The Morgan fingerprint density at radius 2 is 1.83 bits per heavy atom. The third-order valence-electron chi connectivity index (χ3n) is 5.26. The number of benzene rings is 2. The molecule has 4 rings (SSSR count). The normalized spacial score (nSPS) is 11.6. The number of hydrogen-bond donors (Lipinski definition) is 1. The summed E-state index contributed by atoms with van der Waals surface area (Å²) >= 11 is 0. The number of pyridine rings is 1. The van der Waals surface area contributed by atoms with E-state index in [0.29, 0.717) is 5.69 Å². The summed E-state index contributed by atoms with van der Waals surface area (Å²) < 4.78 is 5.31. The smallest absolute Gasteiger partial charge is 0.150 e. The number of anilines is 2. The maximum atomic E-state index is 11.5. The maximum absolute atomic E-state index is 11.5. The highest BCUT2D eigenvalue weighted by Gasteiger charge is 2.20. The lowest BCUT2D eigenvalue weighted by Crippen LogP contribution is -2.13. The van der Waals surface area contributed by atoms with Crippen molar-refractivity contribution in [2.24, 2.45) is 5.18 Å². The standard InChI is InChI=1S/C24H24N4O2/c1-14-22(15(2)30-28-14)16-10-11-17-20(12-16)25-13-21(27-29)23(17)26-19-9-7-6-8-18(19)24(3,4)5/h6-13H,1-5H3,(H,25,26). The van der Waals surface area contributed by atoms with E-state index in [9.17, 15) is 4.91 Å². The van der Waals surface area contributed by atoms with Crippen molar-refractivity contribution in [1.29, 1.82) is 0 Å². The van der Waals surface area contributed by atoms with Crippen molar-refractivity contribution in [2.45, 2.75) is 40.0 Å². The molecule has 0 fully saturated rings. The van der Waals surface area contributed by atoms with Crippen LogP contribution >= 0.6 is 0 Å². The van der Waals surface area contributed by atoms with Crippen LogP contribution in [-0.2, 0) is 5.41 Å². The molecule has 0 aliphatic carbocycles. The van der Waals surface area contributed by atoms with Crippen LogP contribution < -0.4 is 5.32 Å². The van der Waals surface area contributed by atoms with Gasteiger partial charge in [0.15, 0.2) is 0 Å². The second kappa shape index (κ2) is 7.37. The summed E-state index contributed by atoms with van der Waals surface area (Å²) in [7, 11) is 0. The van der Waals surface area contributed by atoms with Gasteiger partial charge in [-0.05, 0) is 47.7 Å². The number of nitrogens with one attached hydrogen (secondary N) is 1. The van der Waals surface area contributed by atoms with Gasteiger partial charge in [0.05, 0.1) is 23.1 Å². The van der Waals surface area contributed by atoms with E-state index in [2.05, 4.69) is 47.5 Å². The van der Waals surface area contributed by atoms with Gasteiger partial charge >= 0.3 is 0 Å². The number of aromatic nitrogens is 2. The van der Waals surface area contributed by atoms with Gasteiger partial charge in [-0.3, -0.25) is 4.98 Å². The fraction of sp³-hybridized carbons (Fsp3) is 0.250. The van der Waals surface area contributed by atoms with Crippen molar-refractivity contribution in [3.63, 3.8) is 0 Å². The third-order valence-corrected chi connectivity index (χ3v) is 5.26. The summed E-state index contributed by atoms with van der Waals surface area (Å²) in [5, 5.41) is 11.5. The summed E-state index contributed by atoms with van der Waals surface area (Å²) in [6, 6.07) is 14.0. The average molecular weight is 400 g/mol. The van der Waals surface area contributed by atoms with Crippen LogP contribution in [0.4, 0.5) is 17.1 Å². The molecule has 0 amide bonds. The van der Waals surface area contributed by atoms with Gasteiger partial charge in [0.1, 0.15) is 11.4 Å². The Bertz CT molecular complexity index is 1230. The first-order valence-electron chi connectivity index (χ1n) is 9.85. The van der Waals surface area contributed by atoms with Gasteiger partial charge in [0.2, 0.25) is 0 Å². The molecule has 0 atom stereocenters. The second-order valence-corrected chi connectivity index (χ2v) is 8.46. The number of aryl methyl sites for hydroxylation is 2. The molecule has 0 radical (unpaired) electrons. The Morgan fingerprint density at radius 1 is 1.07 bits per heavy atom. The molecule has 2 aromatic heterocycles. The molecule has 0 aliphatic rings. The van der Waals surface area contributed by atoms with Gasteiger partial charge in [0, 0.05) is 16.6 Å². The highest BCUT2D eigenvalue weighted by Crippen LogP contribution is 2.39. The van der Waals surface area contributed by atoms with Crippen molar-refractivity contribution in [3.05, 3.63) is 70.6 Å². The van der Waals surface area contributed by atoms with Gasteiger partial charge < -0.3 is 9.84 Å². The van der Waals surface area contributed by atoms with Crippen LogP contribution in [0, 0.1) is 18.8 Å². The quantitative estimate of drug-likeness (QED) is 0.375. The first-order valence-corrected chi connectivity index (χ1v) is 9.85. The van der Waals surface area contributed by atoms with Gasteiger partial charge in [-0.2, -0.15) is 0 Å². The molecule has 6 heteroatoms. The molecule has 4 aromatic rings.